The van der Waals surface area contributed by atoms with Crippen molar-refractivity contribution in [2.45, 2.75) is 50.5 Å². The van der Waals surface area contributed by atoms with Crippen LogP contribution < -0.4 is 5.32 Å². The van der Waals surface area contributed by atoms with Gasteiger partial charge in [-0.2, -0.15) is 0 Å². The van der Waals surface area contributed by atoms with Gasteiger partial charge >= 0.3 is 0 Å². The fourth-order valence-corrected chi connectivity index (χ4v) is 3.78. The van der Waals surface area contributed by atoms with Gasteiger partial charge in [0.05, 0.1) is 30.6 Å². The van der Waals surface area contributed by atoms with Crippen LogP contribution in [0.2, 0.25) is 0 Å². The fraction of sp³-hybridized carbons (Fsp3) is 0.409. The number of hydrogen-bond acceptors (Lipinski definition) is 7. The maximum absolute atomic E-state index is 12.3. The van der Waals surface area contributed by atoms with E-state index in [1.54, 1.807) is 0 Å². The minimum Gasteiger partial charge on any atom is -0.394 e. The van der Waals surface area contributed by atoms with Crippen molar-refractivity contribution in [2.75, 3.05) is 6.61 Å². The van der Waals surface area contributed by atoms with Gasteiger partial charge in [-0.15, -0.1) is 5.10 Å². The molecule has 3 aromatic rings. The molecule has 0 spiro atoms. The number of aliphatic hydroxyl groups excluding tert-OH is 1. The van der Waals surface area contributed by atoms with Crippen LogP contribution in [-0.2, 0) is 17.7 Å². The summed E-state index contributed by atoms with van der Waals surface area (Å²) in [6.45, 7) is 0.522. The number of benzene rings is 1. The van der Waals surface area contributed by atoms with Crippen LogP contribution in [0.25, 0.3) is 0 Å². The average molecular weight is 422 g/mol. The summed E-state index contributed by atoms with van der Waals surface area (Å²) in [5.74, 6) is -0.313. The van der Waals surface area contributed by atoms with Crippen molar-refractivity contribution >= 4 is 5.91 Å². The zero-order valence-electron chi connectivity index (χ0n) is 17.2. The van der Waals surface area contributed by atoms with Crippen LogP contribution in [-0.4, -0.2) is 60.8 Å². The molecule has 0 aliphatic carbocycles. The van der Waals surface area contributed by atoms with Crippen LogP contribution in [0, 0.1) is 0 Å². The second-order valence-electron chi connectivity index (χ2n) is 7.65. The van der Waals surface area contributed by atoms with Gasteiger partial charge < -0.3 is 15.2 Å². The molecule has 31 heavy (non-hydrogen) atoms. The lowest BCUT2D eigenvalue weighted by atomic mass is 9.97. The Morgan fingerprint density at radius 3 is 2.87 bits per heavy atom. The lowest BCUT2D eigenvalue weighted by Crippen LogP contribution is -2.51. The van der Waals surface area contributed by atoms with Gasteiger partial charge in [0.25, 0.3) is 5.91 Å². The van der Waals surface area contributed by atoms with E-state index in [0.717, 1.165) is 31.4 Å². The minimum absolute atomic E-state index is 0.0106. The largest absolute Gasteiger partial charge is 0.394 e. The van der Waals surface area contributed by atoms with Gasteiger partial charge in [-0.1, -0.05) is 35.5 Å². The van der Waals surface area contributed by atoms with Crippen molar-refractivity contribution in [3.8, 4) is 0 Å². The van der Waals surface area contributed by atoms with E-state index in [9.17, 15) is 9.90 Å². The van der Waals surface area contributed by atoms with E-state index >= 15 is 0 Å². The molecule has 4 rings (SSSR count). The van der Waals surface area contributed by atoms with Gasteiger partial charge in [0.15, 0.2) is 0 Å². The summed E-state index contributed by atoms with van der Waals surface area (Å²) in [7, 11) is 0. The van der Waals surface area contributed by atoms with Gasteiger partial charge in [-0.05, 0) is 24.8 Å². The Bertz CT molecular complexity index is 966. The molecule has 0 unspecified atom stereocenters. The third kappa shape index (κ3) is 5.71. The first-order valence-electron chi connectivity index (χ1n) is 10.5. The van der Waals surface area contributed by atoms with Gasteiger partial charge in [0, 0.05) is 31.6 Å². The molecular weight excluding hydrogens is 396 g/mol. The molecule has 9 nitrogen and oxygen atoms in total. The number of rotatable bonds is 8. The molecule has 1 saturated heterocycles. The van der Waals surface area contributed by atoms with Crippen LogP contribution in [0.5, 0.6) is 0 Å². The first-order valence-corrected chi connectivity index (χ1v) is 10.5. The summed E-state index contributed by atoms with van der Waals surface area (Å²) in [4.78, 5) is 20.2. The molecule has 2 aromatic heterocycles. The Balaban J connectivity index is 1.26. The van der Waals surface area contributed by atoms with Gasteiger partial charge in [0.1, 0.15) is 11.8 Å². The van der Waals surface area contributed by atoms with E-state index in [2.05, 4.69) is 37.7 Å². The maximum atomic E-state index is 12.3. The van der Waals surface area contributed by atoms with Crippen LogP contribution in [0.15, 0.2) is 55.1 Å². The van der Waals surface area contributed by atoms with Crippen LogP contribution in [0.4, 0.5) is 0 Å². The number of aromatic nitrogens is 5. The van der Waals surface area contributed by atoms with E-state index in [0.29, 0.717) is 6.54 Å². The quantitative estimate of drug-likeness (QED) is 0.564. The van der Waals surface area contributed by atoms with Crippen molar-refractivity contribution in [1.29, 1.82) is 0 Å². The summed E-state index contributed by atoms with van der Waals surface area (Å²) in [5.41, 5.74) is 2.38. The molecule has 3 heterocycles. The molecule has 1 aromatic carbocycles. The molecule has 1 aliphatic rings. The summed E-state index contributed by atoms with van der Waals surface area (Å²) in [6, 6.07) is 9.91. The van der Waals surface area contributed by atoms with E-state index in [-0.39, 0.29) is 30.4 Å². The van der Waals surface area contributed by atoms with Crippen molar-refractivity contribution < 1.29 is 14.6 Å². The normalized spacial score (nSPS) is 21.0. The summed E-state index contributed by atoms with van der Waals surface area (Å²) < 4.78 is 7.88. The lowest BCUT2D eigenvalue weighted by Gasteiger charge is -2.36. The third-order valence-corrected chi connectivity index (χ3v) is 5.40. The number of aliphatic hydroxyl groups is 1. The van der Waals surface area contributed by atoms with E-state index in [4.69, 9.17) is 4.74 Å². The predicted molar refractivity (Wildman–Crippen MR) is 112 cm³/mol. The molecule has 0 saturated carbocycles. The van der Waals surface area contributed by atoms with Crippen molar-refractivity contribution in [3.05, 3.63) is 72.1 Å². The van der Waals surface area contributed by atoms with Crippen LogP contribution in [0.1, 0.15) is 41.0 Å². The number of hydrogen-bond donors (Lipinski definition) is 2. The van der Waals surface area contributed by atoms with E-state index in [1.807, 2.05) is 29.1 Å². The highest BCUT2D eigenvalue weighted by atomic mass is 16.5. The topological polar surface area (TPSA) is 115 Å². The molecule has 2 N–H and O–H groups in total. The van der Waals surface area contributed by atoms with Gasteiger partial charge in [-0.25, -0.2) is 4.98 Å². The van der Waals surface area contributed by atoms with Crippen LogP contribution >= 0.6 is 0 Å². The maximum Gasteiger partial charge on any atom is 0.271 e. The second kappa shape index (κ2) is 10.2. The number of aryl methyl sites for hydroxylation is 1. The molecular formula is C22H26N6O3. The number of carbonyl (C=O) groups excluding carboxylic acids is 1. The monoisotopic (exact) mass is 422 g/mol. The summed E-state index contributed by atoms with van der Waals surface area (Å²) in [5, 5.41) is 21.1. The van der Waals surface area contributed by atoms with Gasteiger partial charge in [0.2, 0.25) is 0 Å². The number of carbonyl (C=O) groups is 1. The van der Waals surface area contributed by atoms with Crippen molar-refractivity contribution in [2.24, 2.45) is 0 Å². The Hall–Kier alpha value is -3.17. The van der Waals surface area contributed by atoms with Gasteiger partial charge in [-0.3, -0.25) is 14.5 Å². The standard InChI is InChI=1S/C22H26N6O3/c29-15-21-19(25-22(30)20-13-23-9-10-24-20)7-6-18(31-21)8-11-28-14-17(26-27-28)12-16-4-2-1-3-5-16/h1-5,9-10,13-14,18-19,21,29H,6-8,11-12,15H2,(H,25,30)/t18-,19-,21+/m0/s1. The Kier molecular flexibility index (Phi) is 6.96. The fourth-order valence-electron chi connectivity index (χ4n) is 3.78. The molecule has 0 bridgehead atoms. The SMILES string of the molecule is O=C(N[C@H]1CC[C@@H](CCn2cc(Cc3ccccc3)nn2)O[C@@H]1CO)c1cnccn1. The zero-order chi connectivity index (χ0) is 21.5. The first kappa shape index (κ1) is 21.1. The molecule has 0 radical (unpaired) electrons. The molecule has 3 atom stereocenters. The highest BCUT2D eigenvalue weighted by molar-refractivity contribution is 5.92. The number of nitrogens with zero attached hydrogens (tertiary/aromatic N) is 5. The first-order chi connectivity index (χ1) is 15.2. The highest BCUT2D eigenvalue weighted by Crippen LogP contribution is 2.22. The predicted octanol–water partition coefficient (Wildman–Crippen LogP) is 1.39. The van der Waals surface area contributed by atoms with Crippen molar-refractivity contribution in [1.82, 2.24) is 30.3 Å². The zero-order valence-corrected chi connectivity index (χ0v) is 17.2. The Morgan fingerprint density at radius 1 is 1.23 bits per heavy atom. The average Bonchev–Trinajstić information content (AvgIpc) is 3.26. The molecule has 162 valence electrons. The molecule has 1 fully saturated rings. The summed E-state index contributed by atoms with van der Waals surface area (Å²) >= 11 is 0. The Morgan fingerprint density at radius 2 is 2.10 bits per heavy atom. The minimum atomic E-state index is -0.455. The third-order valence-electron chi connectivity index (χ3n) is 5.40. The smallest absolute Gasteiger partial charge is 0.271 e. The number of ether oxygens (including phenoxy) is 1. The number of amides is 1. The highest BCUT2D eigenvalue weighted by Gasteiger charge is 2.32. The second-order valence-corrected chi connectivity index (χ2v) is 7.65. The molecule has 1 amide bonds. The van der Waals surface area contributed by atoms with Crippen LogP contribution in [0.3, 0.4) is 0 Å². The molecule has 9 heteroatoms. The number of nitrogens with one attached hydrogen (secondary N) is 1. The Labute approximate surface area is 180 Å². The van der Waals surface area contributed by atoms with E-state index < -0.39 is 6.10 Å². The lowest BCUT2D eigenvalue weighted by molar-refractivity contribution is -0.0912. The summed E-state index contributed by atoms with van der Waals surface area (Å²) in [6.07, 6.45) is 8.92. The van der Waals surface area contributed by atoms with E-state index in [1.165, 1.54) is 24.2 Å². The van der Waals surface area contributed by atoms with Crippen molar-refractivity contribution in [3.63, 3.8) is 0 Å². The molecule has 1 aliphatic heterocycles.